The van der Waals surface area contributed by atoms with Gasteiger partial charge in [-0.05, 0) is 29.8 Å². The van der Waals surface area contributed by atoms with Gasteiger partial charge in [0.2, 0.25) is 0 Å². The minimum absolute atomic E-state index is 0.190. The number of furan rings is 1. The van der Waals surface area contributed by atoms with Crippen molar-refractivity contribution in [3.05, 3.63) is 54.0 Å². The fraction of sp³-hybridized carbons (Fsp3) is 0.200. The van der Waals surface area contributed by atoms with Crippen LogP contribution in [0, 0.1) is 11.3 Å². The first kappa shape index (κ1) is 13.7. The quantitative estimate of drug-likeness (QED) is 0.925. The summed E-state index contributed by atoms with van der Waals surface area (Å²) in [6, 6.07) is 12.0. The number of amides is 1. The fourth-order valence-electron chi connectivity index (χ4n) is 1.77. The fourth-order valence-corrected chi connectivity index (χ4v) is 1.77. The molecule has 0 aliphatic heterocycles. The third kappa shape index (κ3) is 2.98. The highest BCUT2D eigenvalue weighted by molar-refractivity contribution is 5.91. The molecule has 2 rings (SSSR count). The monoisotopic (exact) mass is 269 g/mol. The third-order valence-corrected chi connectivity index (χ3v) is 2.89. The average molecular weight is 269 g/mol. The molecule has 0 bridgehead atoms. The maximum atomic E-state index is 11.9. The minimum atomic E-state index is -0.705. The van der Waals surface area contributed by atoms with E-state index in [4.69, 9.17) is 4.42 Å². The number of rotatable bonds is 4. The van der Waals surface area contributed by atoms with Gasteiger partial charge in [-0.1, -0.05) is 12.1 Å². The van der Waals surface area contributed by atoms with Gasteiger partial charge in [-0.15, -0.1) is 0 Å². The summed E-state index contributed by atoms with van der Waals surface area (Å²) in [5.41, 5.74) is 1.76. The molecular weight excluding hydrogens is 254 g/mol. The molecular formula is C15H15N3O2. The Morgan fingerprint density at radius 2 is 2.00 bits per heavy atom. The van der Waals surface area contributed by atoms with Crippen LogP contribution in [0.3, 0.4) is 0 Å². The molecule has 102 valence electrons. The van der Waals surface area contributed by atoms with E-state index in [1.165, 1.54) is 6.26 Å². The molecule has 2 aromatic rings. The zero-order chi connectivity index (χ0) is 14.5. The number of anilines is 1. The van der Waals surface area contributed by atoms with Gasteiger partial charge in [0.05, 0.1) is 12.3 Å². The van der Waals surface area contributed by atoms with Gasteiger partial charge in [0.1, 0.15) is 6.04 Å². The Morgan fingerprint density at radius 1 is 1.30 bits per heavy atom. The average Bonchev–Trinajstić information content (AvgIpc) is 2.99. The van der Waals surface area contributed by atoms with E-state index in [2.05, 4.69) is 11.4 Å². The second kappa shape index (κ2) is 5.93. The molecule has 0 saturated carbocycles. The number of hydrogen-bond acceptors (Lipinski definition) is 4. The van der Waals surface area contributed by atoms with Crippen LogP contribution in [0.2, 0.25) is 0 Å². The largest absolute Gasteiger partial charge is 0.459 e. The Balaban J connectivity index is 2.12. The summed E-state index contributed by atoms with van der Waals surface area (Å²) in [6.07, 6.45) is 1.42. The van der Waals surface area contributed by atoms with Crippen LogP contribution in [0.15, 0.2) is 47.1 Å². The zero-order valence-corrected chi connectivity index (χ0v) is 11.3. The van der Waals surface area contributed by atoms with E-state index in [1.807, 2.05) is 43.3 Å². The molecule has 1 amide bonds. The summed E-state index contributed by atoms with van der Waals surface area (Å²) in [7, 11) is 3.88. The van der Waals surface area contributed by atoms with E-state index in [1.54, 1.807) is 12.1 Å². The van der Waals surface area contributed by atoms with E-state index >= 15 is 0 Å². The molecule has 0 saturated heterocycles. The second-order valence-electron chi connectivity index (χ2n) is 4.50. The number of nitriles is 1. The van der Waals surface area contributed by atoms with Crippen molar-refractivity contribution in [2.45, 2.75) is 6.04 Å². The Hall–Kier alpha value is -2.74. The van der Waals surface area contributed by atoms with Crippen LogP contribution in [-0.4, -0.2) is 20.0 Å². The van der Waals surface area contributed by atoms with Crippen molar-refractivity contribution in [2.75, 3.05) is 19.0 Å². The van der Waals surface area contributed by atoms with Crippen molar-refractivity contribution in [1.29, 1.82) is 5.26 Å². The smallest absolute Gasteiger partial charge is 0.288 e. The van der Waals surface area contributed by atoms with E-state index in [0.29, 0.717) is 0 Å². The Kier molecular flexibility index (Phi) is 4.06. The molecule has 0 aliphatic carbocycles. The van der Waals surface area contributed by atoms with Crippen molar-refractivity contribution >= 4 is 11.6 Å². The molecule has 1 aromatic heterocycles. The third-order valence-electron chi connectivity index (χ3n) is 2.89. The molecule has 5 heteroatoms. The predicted octanol–water partition coefficient (Wildman–Crippen LogP) is 2.34. The second-order valence-corrected chi connectivity index (χ2v) is 4.50. The van der Waals surface area contributed by atoms with Crippen molar-refractivity contribution in [3.8, 4) is 6.07 Å². The maximum Gasteiger partial charge on any atom is 0.288 e. The van der Waals surface area contributed by atoms with E-state index in [-0.39, 0.29) is 5.76 Å². The van der Waals surface area contributed by atoms with Gasteiger partial charge in [0.15, 0.2) is 5.76 Å². The number of hydrogen-bond donors (Lipinski definition) is 1. The van der Waals surface area contributed by atoms with E-state index in [0.717, 1.165) is 11.3 Å². The molecule has 1 unspecified atom stereocenters. The molecule has 1 atom stereocenters. The van der Waals surface area contributed by atoms with Crippen LogP contribution in [0.5, 0.6) is 0 Å². The van der Waals surface area contributed by atoms with Gasteiger partial charge in [0.25, 0.3) is 5.91 Å². The van der Waals surface area contributed by atoms with Crippen molar-refractivity contribution < 1.29 is 9.21 Å². The number of nitrogens with zero attached hydrogens (tertiary/aromatic N) is 2. The van der Waals surface area contributed by atoms with Gasteiger partial charge < -0.3 is 14.6 Å². The van der Waals surface area contributed by atoms with Crippen molar-refractivity contribution in [1.82, 2.24) is 5.32 Å². The lowest BCUT2D eigenvalue weighted by atomic mass is 10.1. The number of carbonyl (C=O) groups is 1. The number of benzene rings is 1. The maximum absolute atomic E-state index is 11.9. The summed E-state index contributed by atoms with van der Waals surface area (Å²) in [5, 5.41) is 11.8. The van der Waals surface area contributed by atoms with Gasteiger partial charge in [-0.2, -0.15) is 5.26 Å². The minimum Gasteiger partial charge on any atom is -0.459 e. The Labute approximate surface area is 117 Å². The molecule has 1 N–H and O–H groups in total. The lowest BCUT2D eigenvalue weighted by Crippen LogP contribution is -2.27. The first-order valence-corrected chi connectivity index (χ1v) is 6.13. The summed E-state index contributed by atoms with van der Waals surface area (Å²) in [5.74, 6) is -0.214. The van der Waals surface area contributed by atoms with Crippen LogP contribution >= 0.6 is 0 Å². The first-order valence-electron chi connectivity index (χ1n) is 6.13. The molecule has 20 heavy (non-hydrogen) atoms. The van der Waals surface area contributed by atoms with Crippen molar-refractivity contribution in [3.63, 3.8) is 0 Å². The van der Waals surface area contributed by atoms with Gasteiger partial charge in [-0.25, -0.2) is 0 Å². The highest BCUT2D eigenvalue weighted by Gasteiger charge is 2.16. The summed E-state index contributed by atoms with van der Waals surface area (Å²) in [4.78, 5) is 13.8. The van der Waals surface area contributed by atoms with E-state index in [9.17, 15) is 10.1 Å². The summed E-state index contributed by atoms with van der Waals surface area (Å²) < 4.78 is 5.00. The lowest BCUT2D eigenvalue weighted by molar-refractivity contribution is 0.0917. The highest BCUT2D eigenvalue weighted by Crippen LogP contribution is 2.18. The van der Waals surface area contributed by atoms with Gasteiger partial charge in [0, 0.05) is 19.8 Å². The highest BCUT2D eigenvalue weighted by atomic mass is 16.3. The standard InChI is InChI=1S/C15H15N3O2/c1-18(2)12-7-5-11(6-8-12)13(10-16)17-15(19)14-4-3-9-20-14/h3-9,13H,1-2H3,(H,17,19). The van der Waals surface area contributed by atoms with Crippen LogP contribution < -0.4 is 10.2 Å². The zero-order valence-electron chi connectivity index (χ0n) is 11.3. The molecule has 0 radical (unpaired) electrons. The molecule has 0 aliphatic rings. The Morgan fingerprint density at radius 3 is 2.50 bits per heavy atom. The normalized spacial score (nSPS) is 11.4. The molecule has 0 spiro atoms. The number of carbonyl (C=O) groups excluding carboxylic acids is 1. The summed E-state index contributed by atoms with van der Waals surface area (Å²) in [6.45, 7) is 0. The van der Waals surface area contributed by atoms with Gasteiger partial charge >= 0.3 is 0 Å². The van der Waals surface area contributed by atoms with Crippen LogP contribution in [0.25, 0.3) is 0 Å². The lowest BCUT2D eigenvalue weighted by Gasteiger charge is -2.15. The number of nitrogens with one attached hydrogen (secondary N) is 1. The molecule has 1 aromatic carbocycles. The Bertz CT molecular complexity index is 610. The van der Waals surface area contributed by atoms with Gasteiger partial charge in [-0.3, -0.25) is 4.79 Å². The van der Waals surface area contributed by atoms with Crippen LogP contribution in [0.4, 0.5) is 5.69 Å². The molecule has 0 fully saturated rings. The summed E-state index contributed by atoms with van der Waals surface area (Å²) >= 11 is 0. The van der Waals surface area contributed by atoms with E-state index < -0.39 is 11.9 Å². The topological polar surface area (TPSA) is 69.3 Å². The van der Waals surface area contributed by atoms with Crippen LogP contribution in [0.1, 0.15) is 22.2 Å². The van der Waals surface area contributed by atoms with Crippen LogP contribution in [-0.2, 0) is 0 Å². The molecule has 5 nitrogen and oxygen atoms in total. The SMILES string of the molecule is CN(C)c1ccc(C(C#N)NC(=O)c2ccco2)cc1. The molecule has 1 heterocycles. The first-order chi connectivity index (χ1) is 9.61. The predicted molar refractivity (Wildman–Crippen MR) is 75.3 cm³/mol. The van der Waals surface area contributed by atoms with Crippen molar-refractivity contribution in [2.24, 2.45) is 0 Å².